The number of hydrogen-bond donors (Lipinski definition) is 1. The molecule has 0 fully saturated rings. The van der Waals surface area contributed by atoms with Crippen LogP contribution in [0.4, 0.5) is 0 Å². The molecule has 2 aromatic rings. The second-order valence-corrected chi connectivity index (χ2v) is 4.96. The van der Waals surface area contributed by atoms with Crippen molar-refractivity contribution in [2.75, 3.05) is 13.3 Å². The molecule has 3 heterocycles. The normalized spacial score (nSPS) is 20.4. The van der Waals surface area contributed by atoms with E-state index in [-0.39, 0.29) is 6.04 Å². The SMILES string of the molecule is Cn1ccc([C@H]2NCCc3cc4c(cc32)OCO4)n1. The van der Waals surface area contributed by atoms with E-state index in [1.54, 1.807) is 0 Å². The van der Waals surface area contributed by atoms with Gasteiger partial charge in [0.25, 0.3) is 0 Å². The van der Waals surface area contributed by atoms with Gasteiger partial charge < -0.3 is 14.8 Å². The number of hydrogen-bond acceptors (Lipinski definition) is 4. The molecule has 0 saturated heterocycles. The first-order valence-electron chi connectivity index (χ1n) is 6.46. The Morgan fingerprint density at radius 3 is 2.95 bits per heavy atom. The van der Waals surface area contributed by atoms with Gasteiger partial charge in [-0.2, -0.15) is 5.10 Å². The number of aromatic nitrogens is 2. The summed E-state index contributed by atoms with van der Waals surface area (Å²) in [6, 6.07) is 6.38. The summed E-state index contributed by atoms with van der Waals surface area (Å²) in [7, 11) is 1.94. The molecule has 2 aliphatic heterocycles. The first kappa shape index (κ1) is 10.9. The van der Waals surface area contributed by atoms with E-state index in [2.05, 4.69) is 28.6 Å². The van der Waals surface area contributed by atoms with Gasteiger partial charge in [0.05, 0.1) is 11.7 Å². The van der Waals surface area contributed by atoms with Crippen LogP contribution in [0.25, 0.3) is 0 Å². The Kier molecular flexibility index (Phi) is 2.29. The molecule has 1 N–H and O–H groups in total. The Morgan fingerprint density at radius 1 is 1.32 bits per heavy atom. The van der Waals surface area contributed by atoms with E-state index in [1.165, 1.54) is 11.1 Å². The Labute approximate surface area is 111 Å². The smallest absolute Gasteiger partial charge is 0.231 e. The van der Waals surface area contributed by atoms with Gasteiger partial charge in [-0.1, -0.05) is 0 Å². The molecule has 0 amide bonds. The van der Waals surface area contributed by atoms with Crippen molar-refractivity contribution >= 4 is 0 Å². The van der Waals surface area contributed by atoms with Gasteiger partial charge in [0.15, 0.2) is 11.5 Å². The van der Waals surface area contributed by atoms with Crippen LogP contribution < -0.4 is 14.8 Å². The van der Waals surface area contributed by atoms with Crippen molar-refractivity contribution in [1.29, 1.82) is 0 Å². The third-order valence-electron chi connectivity index (χ3n) is 3.72. The van der Waals surface area contributed by atoms with Gasteiger partial charge in [0, 0.05) is 19.8 Å². The molecular formula is C14H15N3O2. The summed E-state index contributed by atoms with van der Waals surface area (Å²) in [6.07, 6.45) is 2.98. The molecule has 0 bridgehead atoms. The van der Waals surface area contributed by atoms with Crippen LogP contribution in [0, 0.1) is 0 Å². The summed E-state index contributed by atoms with van der Waals surface area (Å²) in [4.78, 5) is 0. The molecule has 2 aliphatic rings. The number of nitrogens with zero attached hydrogens (tertiary/aromatic N) is 2. The second-order valence-electron chi connectivity index (χ2n) is 4.96. The lowest BCUT2D eigenvalue weighted by atomic mass is 9.92. The van der Waals surface area contributed by atoms with Crippen molar-refractivity contribution in [2.45, 2.75) is 12.5 Å². The van der Waals surface area contributed by atoms with E-state index in [4.69, 9.17) is 9.47 Å². The number of ether oxygens (including phenoxy) is 2. The highest BCUT2D eigenvalue weighted by atomic mass is 16.7. The molecule has 1 atom stereocenters. The van der Waals surface area contributed by atoms with Crippen LogP contribution in [-0.2, 0) is 13.5 Å². The topological polar surface area (TPSA) is 48.3 Å². The molecule has 0 aliphatic carbocycles. The molecule has 98 valence electrons. The Hall–Kier alpha value is -2.01. The van der Waals surface area contributed by atoms with E-state index in [9.17, 15) is 0 Å². The van der Waals surface area contributed by atoms with E-state index >= 15 is 0 Å². The van der Waals surface area contributed by atoms with Crippen LogP contribution in [-0.4, -0.2) is 23.1 Å². The summed E-state index contributed by atoms with van der Waals surface area (Å²) in [5.41, 5.74) is 3.61. The predicted octanol–water partition coefficient (Wildman–Crippen LogP) is 1.38. The third kappa shape index (κ3) is 1.69. The zero-order chi connectivity index (χ0) is 12.8. The lowest BCUT2D eigenvalue weighted by molar-refractivity contribution is 0.174. The first-order valence-corrected chi connectivity index (χ1v) is 6.46. The van der Waals surface area contributed by atoms with Crippen molar-refractivity contribution < 1.29 is 9.47 Å². The fraction of sp³-hybridized carbons (Fsp3) is 0.357. The molecule has 0 unspecified atom stereocenters. The quantitative estimate of drug-likeness (QED) is 0.838. The van der Waals surface area contributed by atoms with E-state index in [1.807, 2.05) is 17.9 Å². The summed E-state index contributed by atoms with van der Waals surface area (Å²) < 4.78 is 12.8. The molecule has 0 saturated carbocycles. The van der Waals surface area contributed by atoms with Gasteiger partial charge in [-0.05, 0) is 35.7 Å². The second kappa shape index (κ2) is 3.99. The van der Waals surface area contributed by atoms with Crippen LogP contribution in [0.5, 0.6) is 11.5 Å². The summed E-state index contributed by atoms with van der Waals surface area (Å²) in [6.45, 7) is 1.27. The lowest BCUT2D eigenvalue weighted by Crippen LogP contribution is -2.30. The third-order valence-corrected chi connectivity index (χ3v) is 3.72. The molecule has 4 rings (SSSR count). The zero-order valence-corrected chi connectivity index (χ0v) is 10.7. The van der Waals surface area contributed by atoms with Gasteiger partial charge in [-0.15, -0.1) is 0 Å². The first-order chi connectivity index (χ1) is 9.31. The van der Waals surface area contributed by atoms with Crippen molar-refractivity contribution in [3.63, 3.8) is 0 Å². The largest absolute Gasteiger partial charge is 0.454 e. The van der Waals surface area contributed by atoms with Crippen LogP contribution in [0.1, 0.15) is 22.9 Å². The molecule has 5 heteroatoms. The van der Waals surface area contributed by atoms with Crippen molar-refractivity contribution in [2.24, 2.45) is 7.05 Å². The minimum absolute atomic E-state index is 0.138. The molecule has 1 aromatic heterocycles. The van der Waals surface area contributed by atoms with Crippen molar-refractivity contribution in [1.82, 2.24) is 15.1 Å². The Balaban J connectivity index is 1.82. The average molecular weight is 257 g/mol. The maximum absolute atomic E-state index is 5.48. The number of rotatable bonds is 1. The highest BCUT2D eigenvalue weighted by Crippen LogP contribution is 2.39. The standard InChI is InChI=1S/C14H15N3O2/c1-17-5-3-11(16-17)14-10-7-13-12(18-8-19-13)6-9(10)2-4-15-14/h3,5-7,14-15H,2,4,8H2,1H3/t14-/m0/s1. The van der Waals surface area contributed by atoms with Crippen LogP contribution >= 0.6 is 0 Å². The molecule has 19 heavy (non-hydrogen) atoms. The van der Waals surface area contributed by atoms with Gasteiger partial charge in [0.2, 0.25) is 6.79 Å². The van der Waals surface area contributed by atoms with Gasteiger partial charge in [0.1, 0.15) is 0 Å². The average Bonchev–Trinajstić information content (AvgIpc) is 3.03. The van der Waals surface area contributed by atoms with E-state index in [0.29, 0.717) is 6.79 Å². The van der Waals surface area contributed by atoms with E-state index in [0.717, 1.165) is 30.2 Å². The van der Waals surface area contributed by atoms with Crippen LogP contribution in [0.3, 0.4) is 0 Å². The molecular weight excluding hydrogens is 242 g/mol. The fourth-order valence-corrected chi connectivity index (χ4v) is 2.80. The molecule has 0 radical (unpaired) electrons. The fourth-order valence-electron chi connectivity index (χ4n) is 2.80. The van der Waals surface area contributed by atoms with Gasteiger partial charge in [-0.25, -0.2) is 0 Å². The lowest BCUT2D eigenvalue weighted by Gasteiger charge is -2.26. The van der Waals surface area contributed by atoms with E-state index < -0.39 is 0 Å². The predicted molar refractivity (Wildman–Crippen MR) is 69.3 cm³/mol. The molecule has 0 spiro atoms. The highest BCUT2D eigenvalue weighted by molar-refractivity contribution is 5.51. The summed E-state index contributed by atoms with van der Waals surface area (Å²) in [5, 5.41) is 8.03. The Morgan fingerprint density at radius 2 is 2.16 bits per heavy atom. The summed E-state index contributed by atoms with van der Waals surface area (Å²) >= 11 is 0. The maximum atomic E-state index is 5.48. The number of nitrogens with one attached hydrogen (secondary N) is 1. The summed E-state index contributed by atoms with van der Waals surface area (Å²) in [5.74, 6) is 1.70. The maximum Gasteiger partial charge on any atom is 0.231 e. The number of benzene rings is 1. The van der Waals surface area contributed by atoms with Gasteiger partial charge in [-0.3, -0.25) is 4.68 Å². The molecule has 5 nitrogen and oxygen atoms in total. The van der Waals surface area contributed by atoms with Crippen molar-refractivity contribution in [3.05, 3.63) is 41.2 Å². The minimum atomic E-state index is 0.138. The minimum Gasteiger partial charge on any atom is -0.454 e. The highest BCUT2D eigenvalue weighted by Gasteiger charge is 2.27. The van der Waals surface area contributed by atoms with Crippen LogP contribution in [0.15, 0.2) is 24.4 Å². The van der Waals surface area contributed by atoms with Crippen LogP contribution in [0.2, 0.25) is 0 Å². The number of aryl methyl sites for hydroxylation is 1. The number of fused-ring (bicyclic) bond motifs is 2. The van der Waals surface area contributed by atoms with Crippen molar-refractivity contribution in [3.8, 4) is 11.5 Å². The Bertz CT molecular complexity index is 636. The zero-order valence-electron chi connectivity index (χ0n) is 10.7. The van der Waals surface area contributed by atoms with Gasteiger partial charge >= 0.3 is 0 Å². The molecule has 1 aromatic carbocycles. The monoisotopic (exact) mass is 257 g/mol.